The van der Waals surface area contributed by atoms with Gasteiger partial charge in [0.05, 0.1) is 0 Å². The molecule has 0 fully saturated rings. The molecule has 0 aromatic rings. The lowest BCUT2D eigenvalue weighted by Crippen LogP contribution is -1.95. The average molecular weight is 135 g/mol. The van der Waals surface area contributed by atoms with Crippen LogP contribution in [-0.4, -0.2) is 5.71 Å². The molecule has 0 aliphatic heterocycles. The van der Waals surface area contributed by atoms with Gasteiger partial charge in [0, 0.05) is 11.9 Å². The summed E-state index contributed by atoms with van der Waals surface area (Å²) in [4.78, 5) is 3.97. The quantitative estimate of drug-likeness (QED) is 0.417. The number of rotatable bonds is 3. The standard InChI is InChI=1S/C9H13N/c1-6-10-9(5)8(4)7(2)3/h6H,1-2,4H2,3,5H3. The Hall–Kier alpha value is -1.11. The van der Waals surface area contributed by atoms with E-state index in [1.165, 1.54) is 6.20 Å². The van der Waals surface area contributed by atoms with Crippen molar-refractivity contribution in [3.8, 4) is 0 Å². The lowest BCUT2D eigenvalue weighted by Gasteiger charge is -2.00. The van der Waals surface area contributed by atoms with Crippen LogP contribution in [0.15, 0.2) is 42.1 Å². The molecule has 1 heteroatoms. The summed E-state index contributed by atoms with van der Waals surface area (Å²) >= 11 is 0. The first-order valence-electron chi connectivity index (χ1n) is 3.10. The maximum Gasteiger partial charge on any atom is 0.0441 e. The second kappa shape index (κ2) is 3.83. The summed E-state index contributed by atoms with van der Waals surface area (Å²) < 4.78 is 0. The van der Waals surface area contributed by atoms with Crippen LogP contribution in [-0.2, 0) is 0 Å². The molecule has 0 amide bonds. The minimum absolute atomic E-state index is 0.877. The zero-order valence-corrected chi connectivity index (χ0v) is 6.65. The summed E-state index contributed by atoms with van der Waals surface area (Å²) in [5, 5.41) is 0. The van der Waals surface area contributed by atoms with Gasteiger partial charge in [0.2, 0.25) is 0 Å². The molecule has 0 N–H and O–H groups in total. The summed E-state index contributed by atoms with van der Waals surface area (Å²) in [5.41, 5.74) is 2.71. The fourth-order valence-corrected chi connectivity index (χ4v) is 0.524. The van der Waals surface area contributed by atoms with Crippen molar-refractivity contribution < 1.29 is 0 Å². The van der Waals surface area contributed by atoms with E-state index < -0.39 is 0 Å². The van der Waals surface area contributed by atoms with Gasteiger partial charge in [0.25, 0.3) is 0 Å². The molecule has 0 aromatic heterocycles. The molecular weight excluding hydrogens is 122 g/mol. The van der Waals surface area contributed by atoms with Crippen molar-refractivity contribution in [3.63, 3.8) is 0 Å². The molecule has 0 aliphatic carbocycles. The third-order valence-corrected chi connectivity index (χ3v) is 1.24. The zero-order valence-electron chi connectivity index (χ0n) is 6.65. The monoisotopic (exact) mass is 135 g/mol. The Balaban J connectivity index is 4.36. The highest BCUT2D eigenvalue weighted by molar-refractivity contribution is 6.01. The molecule has 0 radical (unpaired) electrons. The van der Waals surface area contributed by atoms with E-state index in [1.54, 1.807) is 0 Å². The van der Waals surface area contributed by atoms with Gasteiger partial charge in [-0.15, -0.1) is 0 Å². The lowest BCUT2D eigenvalue weighted by atomic mass is 10.1. The molecule has 54 valence electrons. The topological polar surface area (TPSA) is 12.4 Å². The minimum Gasteiger partial charge on any atom is -0.262 e. The van der Waals surface area contributed by atoms with E-state index in [0.29, 0.717) is 0 Å². The van der Waals surface area contributed by atoms with Crippen LogP contribution in [0.25, 0.3) is 0 Å². The van der Waals surface area contributed by atoms with E-state index in [1.807, 2.05) is 13.8 Å². The Morgan fingerprint density at radius 3 is 2.10 bits per heavy atom. The molecule has 0 saturated heterocycles. The van der Waals surface area contributed by atoms with Gasteiger partial charge in [-0.2, -0.15) is 0 Å². The van der Waals surface area contributed by atoms with Crippen molar-refractivity contribution in [2.75, 3.05) is 0 Å². The fraction of sp³-hybridized carbons (Fsp3) is 0.222. The summed E-state index contributed by atoms with van der Waals surface area (Å²) in [7, 11) is 0. The molecule has 0 heterocycles. The number of nitrogens with zero attached hydrogens (tertiary/aromatic N) is 1. The van der Waals surface area contributed by atoms with E-state index in [0.717, 1.165) is 16.9 Å². The van der Waals surface area contributed by atoms with E-state index in [4.69, 9.17) is 0 Å². The third-order valence-electron chi connectivity index (χ3n) is 1.24. The SMILES string of the molecule is C=CN=C(C)C(=C)C(=C)C. The van der Waals surface area contributed by atoms with Gasteiger partial charge in [-0.05, 0) is 25.0 Å². The van der Waals surface area contributed by atoms with Crippen molar-refractivity contribution >= 4 is 5.71 Å². The molecule has 0 unspecified atom stereocenters. The highest BCUT2D eigenvalue weighted by Gasteiger charge is 1.95. The smallest absolute Gasteiger partial charge is 0.0441 e. The number of hydrogen-bond donors (Lipinski definition) is 0. The molecule has 0 bridgehead atoms. The normalized spacial score (nSPS) is 10.8. The number of allylic oxidation sites excluding steroid dienone is 2. The molecule has 10 heavy (non-hydrogen) atoms. The van der Waals surface area contributed by atoms with Crippen LogP contribution in [0.1, 0.15) is 13.8 Å². The summed E-state index contributed by atoms with van der Waals surface area (Å²) in [6, 6.07) is 0. The Bertz CT molecular complexity index is 197. The Labute approximate surface area is 62.5 Å². The van der Waals surface area contributed by atoms with Crippen LogP contribution >= 0.6 is 0 Å². The van der Waals surface area contributed by atoms with Crippen LogP contribution < -0.4 is 0 Å². The first-order chi connectivity index (χ1) is 4.59. The molecule has 1 nitrogen and oxygen atoms in total. The van der Waals surface area contributed by atoms with E-state index in [-0.39, 0.29) is 0 Å². The number of hydrogen-bond acceptors (Lipinski definition) is 1. The molecule has 0 atom stereocenters. The average Bonchev–Trinajstić information content (AvgIpc) is 1.87. The predicted molar refractivity (Wildman–Crippen MR) is 47.3 cm³/mol. The van der Waals surface area contributed by atoms with Crippen molar-refractivity contribution in [3.05, 3.63) is 37.1 Å². The van der Waals surface area contributed by atoms with Crippen LogP contribution in [0.2, 0.25) is 0 Å². The van der Waals surface area contributed by atoms with E-state index >= 15 is 0 Å². The Morgan fingerprint density at radius 1 is 1.30 bits per heavy atom. The summed E-state index contributed by atoms with van der Waals surface area (Å²) in [5.74, 6) is 0. The maximum atomic E-state index is 3.97. The summed E-state index contributed by atoms with van der Waals surface area (Å²) in [6.07, 6.45) is 1.50. The van der Waals surface area contributed by atoms with E-state index in [2.05, 4.69) is 24.7 Å². The van der Waals surface area contributed by atoms with Gasteiger partial charge in [-0.3, -0.25) is 4.99 Å². The van der Waals surface area contributed by atoms with Gasteiger partial charge in [0.15, 0.2) is 0 Å². The Morgan fingerprint density at radius 2 is 1.80 bits per heavy atom. The minimum atomic E-state index is 0.877. The van der Waals surface area contributed by atoms with Gasteiger partial charge in [-0.25, -0.2) is 0 Å². The van der Waals surface area contributed by atoms with Crippen molar-refractivity contribution in [1.29, 1.82) is 0 Å². The van der Waals surface area contributed by atoms with Crippen LogP contribution in [0.4, 0.5) is 0 Å². The molecule has 0 aromatic carbocycles. The second-order valence-electron chi connectivity index (χ2n) is 2.16. The highest BCUT2D eigenvalue weighted by atomic mass is 14.7. The van der Waals surface area contributed by atoms with Gasteiger partial charge < -0.3 is 0 Å². The van der Waals surface area contributed by atoms with Crippen molar-refractivity contribution in [1.82, 2.24) is 0 Å². The van der Waals surface area contributed by atoms with Gasteiger partial charge in [0.1, 0.15) is 0 Å². The fourth-order valence-electron chi connectivity index (χ4n) is 0.524. The van der Waals surface area contributed by atoms with E-state index in [9.17, 15) is 0 Å². The molecule has 0 aliphatic rings. The van der Waals surface area contributed by atoms with Gasteiger partial charge >= 0.3 is 0 Å². The number of aliphatic imine (C=N–C) groups is 1. The first-order valence-corrected chi connectivity index (χ1v) is 3.10. The molecule has 0 spiro atoms. The van der Waals surface area contributed by atoms with Crippen molar-refractivity contribution in [2.45, 2.75) is 13.8 Å². The molecule has 0 rings (SSSR count). The van der Waals surface area contributed by atoms with Crippen molar-refractivity contribution in [2.24, 2.45) is 4.99 Å². The van der Waals surface area contributed by atoms with Crippen LogP contribution in [0.5, 0.6) is 0 Å². The lowest BCUT2D eigenvalue weighted by molar-refractivity contribution is 1.45. The van der Waals surface area contributed by atoms with Gasteiger partial charge in [-0.1, -0.05) is 19.7 Å². The largest absolute Gasteiger partial charge is 0.262 e. The second-order valence-corrected chi connectivity index (χ2v) is 2.16. The summed E-state index contributed by atoms with van der Waals surface area (Å²) in [6.45, 7) is 14.8. The molecule has 0 saturated carbocycles. The first kappa shape index (κ1) is 8.89. The predicted octanol–water partition coefficient (Wildman–Crippen LogP) is 2.72. The third kappa shape index (κ3) is 2.44. The Kier molecular flexibility index (Phi) is 3.40. The maximum absolute atomic E-state index is 3.97. The molecular formula is C9H13N. The van der Waals surface area contributed by atoms with Crippen LogP contribution in [0.3, 0.4) is 0 Å². The zero-order chi connectivity index (χ0) is 8.15. The van der Waals surface area contributed by atoms with Crippen LogP contribution in [0, 0.1) is 0 Å². The highest BCUT2D eigenvalue weighted by Crippen LogP contribution is 2.05.